The third-order valence-corrected chi connectivity index (χ3v) is 4.80. The molecule has 1 aromatic carbocycles. The summed E-state index contributed by atoms with van der Waals surface area (Å²) in [6.07, 6.45) is 3.08. The van der Waals surface area contributed by atoms with Gasteiger partial charge in [0.05, 0.1) is 5.92 Å². The van der Waals surface area contributed by atoms with Crippen LogP contribution in [0.4, 0.5) is 5.69 Å². The molecule has 1 heterocycles. The molecule has 1 saturated heterocycles. The zero-order valence-electron chi connectivity index (χ0n) is 14.6. The SMILES string of the molecule is CCc1cccc(N2CC(C(=O)NCCNC(=O)C3CC3)CC2=O)c1. The number of rotatable bonds is 7. The molecule has 6 nitrogen and oxygen atoms in total. The Hall–Kier alpha value is -2.37. The minimum Gasteiger partial charge on any atom is -0.354 e. The fraction of sp³-hybridized carbons (Fsp3) is 0.526. The average Bonchev–Trinajstić information content (AvgIpc) is 3.40. The fourth-order valence-electron chi connectivity index (χ4n) is 3.08. The predicted octanol–water partition coefficient (Wildman–Crippen LogP) is 1.24. The van der Waals surface area contributed by atoms with Gasteiger partial charge in [0.1, 0.15) is 0 Å². The molecule has 1 aliphatic carbocycles. The van der Waals surface area contributed by atoms with Crippen molar-refractivity contribution in [2.75, 3.05) is 24.5 Å². The summed E-state index contributed by atoms with van der Waals surface area (Å²) in [7, 11) is 0. The molecular formula is C19H25N3O3. The number of carbonyl (C=O) groups excluding carboxylic acids is 3. The lowest BCUT2D eigenvalue weighted by Crippen LogP contribution is -2.38. The second-order valence-corrected chi connectivity index (χ2v) is 6.79. The van der Waals surface area contributed by atoms with Gasteiger partial charge in [-0.15, -0.1) is 0 Å². The molecule has 0 aromatic heterocycles. The van der Waals surface area contributed by atoms with E-state index in [0.29, 0.717) is 19.6 Å². The van der Waals surface area contributed by atoms with Gasteiger partial charge in [0, 0.05) is 37.7 Å². The normalized spacial score (nSPS) is 19.8. The Bertz CT molecular complexity index is 670. The van der Waals surface area contributed by atoms with Crippen molar-refractivity contribution in [3.05, 3.63) is 29.8 Å². The van der Waals surface area contributed by atoms with E-state index in [1.807, 2.05) is 24.3 Å². The van der Waals surface area contributed by atoms with Gasteiger partial charge in [0.25, 0.3) is 0 Å². The molecule has 2 fully saturated rings. The molecule has 0 bridgehead atoms. The molecule has 1 atom stereocenters. The van der Waals surface area contributed by atoms with Gasteiger partial charge in [-0.25, -0.2) is 0 Å². The van der Waals surface area contributed by atoms with Crippen molar-refractivity contribution in [1.82, 2.24) is 10.6 Å². The third kappa shape index (κ3) is 4.38. The first-order valence-corrected chi connectivity index (χ1v) is 9.03. The monoisotopic (exact) mass is 343 g/mol. The first-order chi connectivity index (χ1) is 12.1. The summed E-state index contributed by atoms with van der Waals surface area (Å²) in [5.41, 5.74) is 2.03. The number of nitrogens with zero attached hydrogens (tertiary/aromatic N) is 1. The van der Waals surface area contributed by atoms with E-state index in [1.165, 1.54) is 5.56 Å². The first kappa shape index (κ1) is 17.5. The van der Waals surface area contributed by atoms with Crippen LogP contribution in [0.3, 0.4) is 0 Å². The molecule has 134 valence electrons. The topological polar surface area (TPSA) is 78.5 Å². The van der Waals surface area contributed by atoms with E-state index in [9.17, 15) is 14.4 Å². The Morgan fingerprint density at radius 3 is 2.44 bits per heavy atom. The summed E-state index contributed by atoms with van der Waals surface area (Å²) in [6.45, 7) is 3.31. The molecule has 2 aliphatic rings. The van der Waals surface area contributed by atoms with Gasteiger partial charge < -0.3 is 15.5 Å². The van der Waals surface area contributed by atoms with Crippen molar-refractivity contribution in [3.8, 4) is 0 Å². The van der Waals surface area contributed by atoms with Gasteiger partial charge in [-0.3, -0.25) is 14.4 Å². The second-order valence-electron chi connectivity index (χ2n) is 6.79. The van der Waals surface area contributed by atoms with Crippen LogP contribution in [0.1, 0.15) is 31.7 Å². The van der Waals surface area contributed by atoms with Crippen LogP contribution in [-0.4, -0.2) is 37.4 Å². The minimum absolute atomic E-state index is 0.0181. The van der Waals surface area contributed by atoms with E-state index < -0.39 is 0 Å². The van der Waals surface area contributed by atoms with Crippen LogP contribution in [-0.2, 0) is 20.8 Å². The molecule has 25 heavy (non-hydrogen) atoms. The van der Waals surface area contributed by atoms with E-state index in [4.69, 9.17) is 0 Å². The van der Waals surface area contributed by atoms with Crippen LogP contribution in [0.25, 0.3) is 0 Å². The minimum atomic E-state index is -0.336. The Morgan fingerprint density at radius 1 is 1.12 bits per heavy atom. The van der Waals surface area contributed by atoms with Gasteiger partial charge >= 0.3 is 0 Å². The van der Waals surface area contributed by atoms with Crippen molar-refractivity contribution >= 4 is 23.4 Å². The van der Waals surface area contributed by atoms with Crippen molar-refractivity contribution in [2.24, 2.45) is 11.8 Å². The number of amides is 3. The predicted molar refractivity (Wildman–Crippen MR) is 95.0 cm³/mol. The van der Waals surface area contributed by atoms with Gasteiger partial charge in [-0.1, -0.05) is 19.1 Å². The number of hydrogen-bond donors (Lipinski definition) is 2. The highest BCUT2D eigenvalue weighted by molar-refractivity contribution is 6.00. The van der Waals surface area contributed by atoms with Crippen LogP contribution in [0, 0.1) is 11.8 Å². The molecule has 3 rings (SSSR count). The molecule has 0 radical (unpaired) electrons. The molecule has 6 heteroatoms. The quantitative estimate of drug-likeness (QED) is 0.731. The van der Waals surface area contributed by atoms with Crippen molar-refractivity contribution < 1.29 is 14.4 Å². The third-order valence-electron chi connectivity index (χ3n) is 4.80. The zero-order valence-corrected chi connectivity index (χ0v) is 14.6. The Balaban J connectivity index is 1.47. The van der Waals surface area contributed by atoms with Gasteiger partial charge in [-0.2, -0.15) is 0 Å². The standard InChI is InChI=1S/C19H25N3O3/c1-2-13-4-3-5-16(10-13)22-12-15(11-17(22)23)19(25)21-9-8-20-18(24)14-6-7-14/h3-5,10,14-15H,2,6-9,11-12H2,1H3,(H,20,24)(H,21,25). The lowest BCUT2D eigenvalue weighted by atomic mass is 10.1. The summed E-state index contributed by atoms with van der Waals surface area (Å²) in [4.78, 5) is 37.8. The van der Waals surface area contributed by atoms with Gasteiger partial charge in [-0.05, 0) is 37.0 Å². The number of benzene rings is 1. The summed E-state index contributed by atoms with van der Waals surface area (Å²) in [5.74, 6) is -0.224. The Kier molecular flexibility index (Phi) is 5.36. The highest BCUT2D eigenvalue weighted by Crippen LogP contribution is 2.28. The first-order valence-electron chi connectivity index (χ1n) is 9.03. The van der Waals surface area contributed by atoms with Crippen molar-refractivity contribution in [2.45, 2.75) is 32.6 Å². The van der Waals surface area contributed by atoms with Crippen molar-refractivity contribution in [1.29, 1.82) is 0 Å². The maximum atomic E-state index is 12.3. The molecule has 1 unspecified atom stereocenters. The maximum Gasteiger partial charge on any atom is 0.227 e. The summed E-state index contributed by atoms with van der Waals surface area (Å²) >= 11 is 0. The van der Waals surface area contributed by atoms with Crippen LogP contribution in [0.5, 0.6) is 0 Å². The van der Waals surface area contributed by atoms with E-state index in [0.717, 1.165) is 24.9 Å². The van der Waals surface area contributed by atoms with Crippen molar-refractivity contribution in [3.63, 3.8) is 0 Å². The second kappa shape index (κ2) is 7.68. The lowest BCUT2D eigenvalue weighted by Gasteiger charge is -2.17. The fourth-order valence-corrected chi connectivity index (χ4v) is 3.08. The number of aryl methyl sites for hydroxylation is 1. The Labute approximate surface area is 148 Å². The van der Waals surface area contributed by atoms with Gasteiger partial charge in [0.15, 0.2) is 0 Å². The summed E-state index contributed by atoms with van der Waals surface area (Å²) in [6, 6.07) is 7.89. The smallest absolute Gasteiger partial charge is 0.227 e. The lowest BCUT2D eigenvalue weighted by molar-refractivity contribution is -0.126. The molecule has 2 N–H and O–H groups in total. The van der Waals surface area contributed by atoms with E-state index in [2.05, 4.69) is 17.6 Å². The highest BCUT2D eigenvalue weighted by atomic mass is 16.2. The largest absolute Gasteiger partial charge is 0.354 e. The number of nitrogens with one attached hydrogen (secondary N) is 2. The van der Waals surface area contributed by atoms with Crippen LogP contribution in [0.2, 0.25) is 0 Å². The van der Waals surface area contributed by atoms with Gasteiger partial charge in [0.2, 0.25) is 17.7 Å². The molecule has 0 spiro atoms. The average molecular weight is 343 g/mol. The summed E-state index contributed by atoms with van der Waals surface area (Å²) in [5, 5.41) is 5.64. The van der Waals surface area contributed by atoms with E-state index >= 15 is 0 Å². The van der Waals surface area contributed by atoms with E-state index in [-0.39, 0.29) is 36.0 Å². The number of carbonyl (C=O) groups is 3. The molecular weight excluding hydrogens is 318 g/mol. The number of anilines is 1. The van der Waals surface area contributed by atoms with Crippen LogP contribution < -0.4 is 15.5 Å². The zero-order chi connectivity index (χ0) is 17.8. The highest BCUT2D eigenvalue weighted by Gasteiger charge is 2.35. The van der Waals surface area contributed by atoms with Crippen LogP contribution in [0.15, 0.2) is 24.3 Å². The maximum absolute atomic E-state index is 12.3. The molecule has 1 saturated carbocycles. The number of hydrogen-bond acceptors (Lipinski definition) is 3. The molecule has 3 amide bonds. The molecule has 1 aliphatic heterocycles. The van der Waals surface area contributed by atoms with Crippen LogP contribution >= 0.6 is 0 Å². The summed E-state index contributed by atoms with van der Waals surface area (Å²) < 4.78 is 0. The molecule has 1 aromatic rings. The van der Waals surface area contributed by atoms with E-state index in [1.54, 1.807) is 4.90 Å². The Morgan fingerprint density at radius 2 is 1.80 bits per heavy atom.